The van der Waals surface area contributed by atoms with E-state index in [0.29, 0.717) is 0 Å². The second-order valence-electron chi connectivity index (χ2n) is 3.22. The second kappa shape index (κ2) is 7.41. The summed E-state index contributed by atoms with van der Waals surface area (Å²) < 4.78 is 4.64. The molecule has 1 N–H and O–H groups in total. The normalized spacial score (nSPS) is 14.1. The van der Waals surface area contributed by atoms with Gasteiger partial charge in [0.05, 0.1) is 12.4 Å². The molecule has 102 valence electrons. The molecule has 0 aromatic carbocycles. The van der Waals surface area contributed by atoms with E-state index < -0.39 is 17.8 Å². The Bertz CT molecular complexity index is 472. The fourth-order valence-electron chi connectivity index (χ4n) is 0.945. The zero-order valence-corrected chi connectivity index (χ0v) is 11.0. The van der Waals surface area contributed by atoms with Crippen LogP contribution in [0.5, 0.6) is 0 Å². The highest BCUT2D eigenvalue weighted by Crippen LogP contribution is 2.13. The molecule has 9 heteroatoms. The minimum atomic E-state index is -0.579. The largest absolute Gasteiger partial charge is 0.465 e. The molecular formula is C10H12N4O4S. The van der Waals surface area contributed by atoms with E-state index in [0.717, 1.165) is 11.8 Å². The minimum absolute atomic E-state index is 0.0307. The molecule has 1 rings (SSSR count). The summed E-state index contributed by atoms with van der Waals surface area (Å²) >= 11 is 0.940. The topological polar surface area (TPSA) is 110 Å². The Kier molecular flexibility index (Phi) is 5.86. The van der Waals surface area contributed by atoms with Gasteiger partial charge in [0, 0.05) is 0 Å². The Hall–Kier alpha value is -2.03. The average molecular weight is 284 g/mol. The molecule has 2 amide bonds. The van der Waals surface area contributed by atoms with E-state index in [4.69, 9.17) is 0 Å². The van der Waals surface area contributed by atoms with Crippen LogP contribution < -0.4 is 5.32 Å². The highest BCUT2D eigenvalue weighted by Gasteiger charge is 2.15. The number of rotatable bonds is 5. The number of carbonyl (C=O) groups excluding carboxylic acids is 3. The van der Waals surface area contributed by atoms with Crippen LogP contribution in [0.2, 0.25) is 0 Å². The fraction of sp³-hybridized carbons (Fsp3) is 0.400. The quantitative estimate of drug-likeness (QED) is 0.575. The number of nitrogens with one attached hydrogen (secondary N) is 1. The predicted octanol–water partition coefficient (Wildman–Crippen LogP) is 0.261. The van der Waals surface area contributed by atoms with E-state index >= 15 is 0 Å². The third-order valence-electron chi connectivity index (χ3n) is 1.77. The summed E-state index contributed by atoms with van der Waals surface area (Å²) in [5, 5.41) is 9.55. The summed E-state index contributed by atoms with van der Waals surface area (Å²) in [7, 11) is 0. The van der Waals surface area contributed by atoms with Gasteiger partial charge in [-0.15, -0.1) is 10.2 Å². The van der Waals surface area contributed by atoms with Gasteiger partial charge in [-0.05, 0) is 6.92 Å². The number of esters is 1. The smallest absolute Gasteiger partial charge is 0.325 e. The molecule has 1 aliphatic rings. The van der Waals surface area contributed by atoms with Crippen LogP contribution in [-0.2, 0) is 19.1 Å². The summed E-state index contributed by atoms with van der Waals surface area (Å²) in [6, 6.07) is 0. The lowest BCUT2D eigenvalue weighted by Gasteiger charge is -2.05. The van der Waals surface area contributed by atoms with Gasteiger partial charge in [-0.1, -0.05) is 18.3 Å². The molecule has 0 spiro atoms. The number of thioether (sulfide) groups is 1. The van der Waals surface area contributed by atoms with Crippen molar-refractivity contribution in [1.82, 2.24) is 5.32 Å². The van der Waals surface area contributed by atoms with Gasteiger partial charge in [-0.3, -0.25) is 14.4 Å². The molecule has 8 nitrogen and oxygen atoms in total. The average Bonchev–Trinajstić information content (AvgIpc) is 2.38. The van der Waals surface area contributed by atoms with Gasteiger partial charge in [0.2, 0.25) is 11.1 Å². The molecule has 0 aliphatic carbocycles. The molecule has 1 aliphatic heterocycles. The summed E-state index contributed by atoms with van der Waals surface area (Å²) in [5.74, 6) is -1.52. The number of hydrogen-bond acceptors (Lipinski definition) is 7. The highest BCUT2D eigenvalue weighted by molar-refractivity contribution is 8.14. The van der Waals surface area contributed by atoms with Crippen LogP contribution in [0, 0.1) is 0 Å². The van der Waals surface area contributed by atoms with Crippen LogP contribution in [0.4, 0.5) is 0 Å². The van der Waals surface area contributed by atoms with Crippen molar-refractivity contribution < 1.29 is 19.1 Å². The molecule has 1 heterocycles. The van der Waals surface area contributed by atoms with Gasteiger partial charge in [-0.2, -0.15) is 4.99 Å². The van der Waals surface area contributed by atoms with Crippen LogP contribution in [0.1, 0.15) is 6.92 Å². The van der Waals surface area contributed by atoms with Crippen molar-refractivity contribution in [2.75, 3.05) is 18.9 Å². The molecule has 0 atom stereocenters. The SMILES string of the molecule is C=C1N=NC(SCC(=O)NCC(=O)OCC)=NC1=O. The Morgan fingerprint density at radius 1 is 1.42 bits per heavy atom. The molecule has 19 heavy (non-hydrogen) atoms. The maximum Gasteiger partial charge on any atom is 0.325 e. The van der Waals surface area contributed by atoms with E-state index in [-0.39, 0.29) is 29.8 Å². The van der Waals surface area contributed by atoms with Crippen LogP contribution in [0.3, 0.4) is 0 Å². The standard InChI is InChI=1S/C10H12N4O4S/c1-3-18-8(16)4-11-7(15)5-19-10-12-9(17)6(2)13-14-10/h2-5H2,1H3,(H,11,15). The Morgan fingerprint density at radius 2 is 2.16 bits per heavy atom. The number of aliphatic imine (C=N–C) groups is 1. The molecule has 0 saturated heterocycles. The van der Waals surface area contributed by atoms with Gasteiger partial charge < -0.3 is 10.1 Å². The zero-order valence-electron chi connectivity index (χ0n) is 10.2. The van der Waals surface area contributed by atoms with E-state index in [9.17, 15) is 14.4 Å². The Labute approximate surface area is 113 Å². The highest BCUT2D eigenvalue weighted by atomic mass is 32.2. The molecule has 0 unspecified atom stereocenters. The van der Waals surface area contributed by atoms with Gasteiger partial charge in [0.25, 0.3) is 5.91 Å². The van der Waals surface area contributed by atoms with Crippen molar-refractivity contribution in [2.45, 2.75) is 6.92 Å². The Balaban J connectivity index is 2.29. The van der Waals surface area contributed by atoms with E-state index in [1.54, 1.807) is 6.92 Å². The maximum atomic E-state index is 11.4. The second-order valence-corrected chi connectivity index (χ2v) is 4.16. The number of azo groups is 1. The fourth-order valence-corrected chi connectivity index (χ4v) is 1.55. The molecule has 0 radical (unpaired) electrons. The van der Waals surface area contributed by atoms with Crippen molar-refractivity contribution in [1.29, 1.82) is 0 Å². The Morgan fingerprint density at radius 3 is 2.79 bits per heavy atom. The summed E-state index contributed by atoms with van der Waals surface area (Å²) in [6.07, 6.45) is 0. The number of carbonyl (C=O) groups is 3. The first-order chi connectivity index (χ1) is 9.02. The van der Waals surface area contributed by atoms with Crippen molar-refractivity contribution in [2.24, 2.45) is 15.2 Å². The summed E-state index contributed by atoms with van der Waals surface area (Å²) in [5.41, 5.74) is -0.0453. The van der Waals surface area contributed by atoms with Gasteiger partial charge in [0.15, 0.2) is 0 Å². The first-order valence-corrected chi connectivity index (χ1v) is 6.30. The number of nitrogens with zero attached hydrogens (tertiary/aromatic N) is 3. The molecule has 0 aromatic rings. The van der Waals surface area contributed by atoms with Crippen LogP contribution >= 0.6 is 11.8 Å². The molecular weight excluding hydrogens is 272 g/mol. The summed E-state index contributed by atoms with van der Waals surface area (Å²) in [6.45, 7) is 5.07. The molecule has 0 fully saturated rings. The van der Waals surface area contributed by atoms with Gasteiger partial charge in [0.1, 0.15) is 12.2 Å². The van der Waals surface area contributed by atoms with E-state index in [1.807, 2.05) is 0 Å². The van der Waals surface area contributed by atoms with Crippen molar-refractivity contribution in [3.63, 3.8) is 0 Å². The maximum absolute atomic E-state index is 11.4. The lowest BCUT2D eigenvalue weighted by Crippen LogP contribution is -2.32. The van der Waals surface area contributed by atoms with Crippen LogP contribution in [0.25, 0.3) is 0 Å². The van der Waals surface area contributed by atoms with Crippen molar-refractivity contribution in [3.05, 3.63) is 12.3 Å². The number of hydrogen-bond donors (Lipinski definition) is 1. The number of amides is 2. The number of amidine groups is 1. The first kappa shape index (κ1) is 15.0. The predicted molar refractivity (Wildman–Crippen MR) is 68.5 cm³/mol. The molecule has 0 saturated carbocycles. The zero-order chi connectivity index (χ0) is 14.3. The minimum Gasteiger partial charge on any atom is -0.465 e. The van der Waals surface area contributed by atoms with Crippen molar-refractivity contribution in [3.8, 4) is 0 Å². The van der Waals surface area contributed by atoms with Crippen LogP contribution in [0.15, 0.2) is 27.5 Å². The summed E-state index contributed by atoms with van der Waals surface area (Å²) in [4.78, 5) is 37.0. The lowest BCUT2D eigenvalue weighted by molar-refractivity contribution is -0.143. The van der Waals surface area contributed by atoms with E-state index in [1.165, 1.54) is 0 Å². The number of ether oxygens (including phenoxy) is 1. The monoisotopic (exact) mass is 284 g/mol. The third-order valence-corrected chi connectivity index (χ3v) is 2.61. The van der Waals surface area contributed by atoms with Gasteiger partial charge in [-0.25, -0.2) is 0 Å². The third kappa shape index (κ3) is 5.42. The molecule has 0 aromatic heterocycles. The van der Waals surface area contributed by atoms with Gasteiger partial charge >= 0.3 is 5.97 Å². The molecule has 0 bridgehead atoms. The van der Waals surface area contributed by atoms with Crippen LogP contribution in [-0.4, -0.2) is 41.9 Å². The first-order valence-electron chi connectivity index (χ1n) is 5.31. The van der Waals surface area contributed by atoms with E-state index in [2.05, 4.69) is 31.9 Å². The lowest BCUT2D eigenvalue weighted by atomic mass is 10.5. The van der Waals surface area contributed by atoms with Crippen molar-refractivity contribution >= 4 is 34.7 Å².